The molecule has 0 saturated carbocycles. The van der Waals surface area contributed by atoms with Gasteiger partial charge in [-0.15, -0.1) is 16.4 Å². The summed E-state index contributed by atoms with van der Waals surface area (Å²) in [6.07, 6.45) is 3.06. The highest BCUT2D eigenvalue weighted by Gasteiger charge is 2.15. The summed E-state index contributed by atoms with van der Waals surface area (Å²) in [6, 6.07) is 8.43. The van der Waals surface area contributed by atoms with Crippen molar-refractivity contribution in [3.8, 4) is 11.3 Å². The minimum Gasteiger partial charge on any atom is -0.366 e. The lowest BCUT2D eigenvalue weighted by Gasteiger charge is -2.10. The summed E-state index contributed by atoms with van der Waals surface area (Å²) in [7, 11) is 0. The lowest BCUT2D eigenvalue weighted by molar-refractivity contribution is -0.116. The molecule has 0 saturated heterocycles. The fraction of sp³-hybridized carbons (Fsp3) is 0.318. The second-order valence-electron chi connectivity index (χ2n) is 7.48. The molecule has 3 N–H and O–H groups in total. The van der Waals surface area contributed by atoms with Crippen molar-refractivity contribution < 1.29 is 4.79 Å². The molecule has 9 heteroatoms. The van der Waals surface area contributed by atoms with Crippen LogP contribution in [0.4, 0.5) is 11.1 Å². The van der Waals surface area contributed by atoms with E-state index in [2.05, 4.69) is 56.6 Å². The van der Waals surface area contributed by atoms with Crippen LogP contribution in [0.5, 0.6) is 0 Å². The largest absolute Gasteiger partial charge is 0.366 e. The van der Waals surface area contributed by atoms with Crippen LogP contribution in [0.25, 0.3) is 17.0 Å². The summed E-state index contributed by atoms with van der Waals surface area (Å²) >= 11 is 1.43. The Balaban J connectivity index is 1.40. The number of nitrogen functional groups attached to an aromatic ring is 1. The van der Waals surface area contributed by atoms with Gasteiger partial charge in [-0.2, -0.15) is 9.50 Å². The van der Waals surface area contributed by atoms with Crippen LogP contribution >= 0.6 is 11.3 Å². The van der Waals surface area contributed by atoms with E-state index in [1.807, 2.05) is 19.2 Å². The number of nitrogens with zero attached hydrogens (tertiary/aromatic N) is 5. The molecular weight excluding hydrogens is 410 g/mol. The summed E-state index contributed by atoms with van der Waals surface area (Å²) in [4.78, 5) is 25.6. The second kappa shape index (κ2) is 8.81. The smallest absolute Gasteiger partial charge is 0.254 e. The number of carbonyl (C=O) groups is 1. The first-order chi connectivity index (χ1) is 14.9. The molecule has 0 aliphatic heterocycles. The number of rotatable bonds is 7. The van der Waals surface area contributed by atoms with E-state index in [4.69, 9.17) is 5.73 Å². The summed E-state index contributed by atoms with van der Waals surface area (Å²) in [5, 5.41) is 9.64. The van der Waals surface area contributed by atoms with Crippen molar-refractivity contribution in [1.82, 2.24) is 24.6 Å². The predicted octanol–water partition coefficient (Wildman–Crippen LogP) is 3.97. The van der Waals surface area contributed by atoms with Crippen molar-refractivity contribution >= 4 is 34.1 Å². The van der Waals surface area contributed by atoms with Crippen molar-refractivity contribution in [3.05, 3.63) is 52.2 Å². The summed E-state index contributed by atoms with van der Waals surface area (Å²) in [6.45, 7) is 6.01. The van der Waals surface area contributed by atoms with Crippen molar-refractivity contribution in [3.63, 3.8) is 0 Å². The average Bonchev–Trinajstić information content (AvgIpc) is 3.35. The third-order valence-electron chi connectivity index (χ3n) is 5.21. The van der Waals surface area contributed by atoms with Gasteiger partial charge in [-0.3, -0.25) is 4.79 Å². The van der Waals surface area contributed by atoms with E-state index in [0.29, 0.717) is 23.8 Å². The number of anilines is 2. The molecule has 0 bridgehead atoms. The molecule has 0 aliphatic rings. The summed E-state index contributed by atoms with van der Waals surface area (Å²) in [5.74, 6) is 0.569. The van der Waals surface area contributed by atoms with Crippen LogP contribution in [0.15, 0.2) is 29.6 Å². The molecular formula is C22H25N7OS. The SMILES string of the molecule is CCCc1ccc(-c2csc(NC(=O)CCc3c(C)nc4nc(N)nn4c3C)n2)cc1. The zero-order valence-electron chi connectivity index (χ0n) is 17.8. The number of thiazole rings is 1. The van der Waals surface area contributed by atoms with E-state index < -0.39 is 0 Å². The Bertz CT molecular complexity index is 1230. The third-order valence-corrected chi connectivity index (χ3v) is 5.96. The second-order valence-corrected chi connectivity index (χ2v) is 8.33. The number of fused-ring (bicyclic) bond motifs is 1. The summed E-state index contributed by atoms with van der Waals surface area (Å²) < 4.78 is 1.62. The maximum atomic E-state index is 12.5. The number of hydrogen-bond donors (Lipinski definition) is 2. The number of amides is 1. The molecule has 4 rings (SSSR count). The zero-order valence-corrected chi connectivity index (χ0v) is 18.7. The number of benzene rings is 1. The number of carbonyl (C=O) groups excluding carboxylic acids is 1. The van der Waals surface area contributed by atoms with Gasteiger partial charge in [0.05, 0.1) is 5.69 Å². The van der Waals surface area contributed by atoms with E-state index in [1.165, 1.54) is 16.9 Å². The molecule has 0 atom stereocenters. The first-order valence-corrected chi connectivity index (χ1v) is 11.2. The average molecular weight is 436 g/mol. The Kier molecular flexibility index (Phi) is 5.94. The van der Waals surface area contributed by atoms with Crippen molar-refractivity contribution in [1.29, 1.82) is 0 Å². The van der Waals surface area contributed by atoms with Crippen molar-refractivity contribution in [2.45, 2.75) is 46.5 Å². The van der Waals surface area contributed by atoms with Gasteiger partial charge in [0.1, 0.15) is 0 Å². The maximum absolute atomic E-state index is 12.5. The Hall–Kier alpha value is -3.33. The Morgan fingerprint density at radius 2 is 1.90 bits per heavy atom. The van der Waals surface area contributed by atoms with Gasteiger partial charge in [0.15, 0.2) is 5.13 Å². The molecule has 4 aromatic rings. The van der Waals surface area contributed by atoms with Crippen molar-refractivity contribution in [2.24, 2.45) is 0 Å². The maximum Gasteiger partial charge on any atom is 0.254 e. The van der Waals surface area contributed by atoms with Gasteiger partial charge in [-0.25, -0.2) is 9.97 Å². The van der Waals surface area contributed by atoms with E-state index >= 15 is 0 Å². The molecule has 8 nitrogen and oxygen atoms in total. The molecule has 1 amide bonds. The Morgan fingerprint density at radius 3 is 2.65 bits per heavy atom. The minimum atomic E-state index is -0.0869. The fourth-order valence-electron chi connectivity index (χ4n) is 3.60. The highest BCUT2D eigenvalue weighted by molar-refractivity contribution is 7.14. The van der Waals surface area contributed by atoms with Gasteiger partial charge in [0.2, 0.25) is 11.9 Å². The standard InChI is InChI=1S/C22H25N7OS/c1-4-5-15-6-8-16(9-7-15)18-12-31-22(25-18)26-19(30)11-10-17-13(2)24-21-27-20(23)28-29(21)14(17)3/h6-9,12H,4-5,10-11H2,1-3H3,(H2,23,28)(H,25,26,30). The van der Waals surface area contributed by atoms with Crippen LogP contribution in [0.3, 0.4) is 0 Å². The number of aryl methyl sites for hydroxylation is 3. The number of hydrogen-bond acceptors (Lipinski definition) is 7. The molecule has 160 valence electrons. The van der Waals surface area contributed by atoms with E-state index in [1.54, 1.807) is 4.52 Å². The zero-order chi connectivity index (χ0) is 22.0. The van der Waals surface area contributed by atoms with Crippen molar-refractivity contribution in [2.75, 3.05) is 11.1 Å². The van der Waals surface area contributed by atoms with Gasteiger partial charge < -0.3 is 11.1 Å². The molecule has 1 aromatic carbocycles. The number of nitrogens with one attached hydrogen (secondary N) is 1. The molecule has 3 heterocycles. The van der Waals surface area contributed by atoms with Gasteiger partial charge >= 0.3 is 0 Å². The van der Waals surface area contributed by atoms with E-state index in [-0.39, 0.29) is 11.9 Å². The Labute approximate surface area is 184 Å². The molecule has 0 fully saturated rings. The molecule has 0 radical (unpaired) electrons. The normalized spacial score (nSPS) is 11.2. The van der Waals surface area contributed by atoms with Crippen LogP contribution in [0.2, 0.25) is 0 Å². The van der Waals surface area contributed by atoms with Gasteiger partial charge in [-0.05, 0) is 37.8 Å². The number of nitrogens with two attached hydrogens (primary N) is 1. The van der Waals surface area contributed by atoms with Crippen LogP contribution in [-0.2, 0) is 17.6 Å². The number of aromatic nitrogens is 5. The van der Waals surface area contributed by atoms with Gasteiger partial charge in [0, 0.05) is 28.8 Å². The first kappa shape index (κ1) is 20.9. The minimum absolute atomic E-state index is 0.0869. The van der Waals surface area contributed by atoms with Crippen LogP contribution in [0, 0.1) is 13.8 Å². The molecule has 0 spiro atoms. The Morgan fingerprint density at radius 1 is 1.13 bits per heavy atom. The molecule has 0 aliphatic carbocycles. The molecule has 0 unspecified atom stereocenters. The lowest BCUT2D eigenvalue weighted by Crippen LogP contribution is -2.14. The fourth-order valence-corrected chi connectivity index (χ4v) is 4.34. The highest BCUT2D eigenvalue weighted by Crippen LogP contribution is 2.26. The van der Waals surface area contributed by atoms with Crippen LogP contribution in [0.1, 0.15) is 42.3 Å². The van der Waals surface area contributed by atoms with E-state index in [9.17, 15) is 4.79 Å². The lowest BCUT2D eigenvalue weighted by atomic mass is 10.1. The summed E-state index contributed by atoms with van der Waals surface area (Å²) in [5.41, 5.74) is 11.6. The van der Waals surface area contributed by atoms with E-state index in [0.717, 1.165) is 41.1 Å². The molecule has 3 aromatic heterocycles. The van der Waals surface area contributed by atoms with Gasteiger partial charge in [0.25, 0.3) is 5.78 Å². The molecule has 31 heavy (non-hydrogen) atoms. The predicted molar refractivity (Wildman–Crippen MR) is 123 cm³/mol. The topological polar surface area (TPSA) is 111 Å². The quantitative estimate of drug-likeness (QED) is 0.454. The van der Waals surface area contributed by atoms with Crippen LogP contribution in [-0.4, -0.2) is 30.5 Å². The monoisotopic (exact) mass is 435 g/mol. The van der Waals surface area contributed by atoms with Crippen LogP contribution < -0.4 is 11.1 Å². The third kappa shape index (κ3) is 4.56. The first-order valence-electron chi connectivity index (χ1n) is 10.3. The van der Waals surface area contributed by atoms with Gasteiger partial charge in [-0.1, -0.05) is 37.6 Å². The highest BCUT2D eigenvalue weighted by atomic mass is 32.1.